The topological polar surface area (TPSA) is 87.6 Å². The highest BCUT2D eigenvalue weighted by Gasteiger charge is 2.23. The molecule has 0 amide bonds. The van der Waals surface area contributed by atoms with E-state index in [1.807, 2.05) is 0 Å². The van der Waals surface area contributed by atoms with E-state index in [0.717, 1.165) is 0 Å². The second-order valence-corrected chi connectivity index (χ2v) is 7.54. The fraction of sp³-hybridized carbons (Fsp3) is 0.455. The van der Waals surface area contributed by atoms with Crippen LogP contribution in [0.2, 0.25) is 0 Å². The average Bonchev–Trinajstić information content (AvgIpc) is 2.50. The quantitative estimate of drug-likeness (QED) is 0.862. The van der Waals surface area contributed by atoms with Crippen LogP contribution in [0.3, 0.4) is 0 Å². The molecule has 1 N–H and O–H groups in total. The first-order valence-electron chi connectivity index (χ1n) is 5.73. The minimum atomic E-state index is -3.03. The fourth-order valence-corrected chi connectivity index (χ4v) is 3.59. The first kappa shape index (κ1) is 14.3. The smallest absolute Gasteiger partial charge is 0.339 e. The Bertz CT molecular complexity index is 603. The normalized spacial score (nSPS) is 18.9. The number of pyridine rings is 1. The van der Waals surface area contributed by atoms with Crippen molar-refractivity contribution in [1.29, 1.82) is 0 Å². The molecule has 0 spiro atoms. The standard InChI is InChI=1S/C11H13BrN2O4S/c12-8-6-9(11(15)16)10(13-7-8)14-2-1-4-19(17,18)5-3-14/h6-7H,1-5H2,(H,15,16). The molecule has 0 saturated carbocycles. The van der Waals surface area contributed by atoms with Crippen LogP contribution in [0.5, 0.6) is 0 Å². The number of hydrogen-bond donors (Lipinski definition) is 1. The molecule has 0 bridgehead atoms. The van der Waals surface area contributed by atoms with Crippen molar-refractivity contribution in [3.63, 3.8) is 0 Å². The second kappa shape index (κ2) is 5.46. The van der Waals surface area contributed by atoms with E-state index in [2.05, 4.69) is 20.9 Å². The minimum Gasteiger partial charge on any atom is -0.478 e. The number of aromatic nitrogens is 1. The van der Waals surface area contributed by atoms with E-state index in [4.69, 9.17) is 0 Å². The Morgan fingerprint density at radius 1 is 1.37 bits per heavy atom. The molecule has 104 valence electrons. The van der Waals surface area contributed by atoms with Gasteiger partial charge in [-0.3, -0.25) is 0 Å². The van der Waals surface area contributed by atoms with E-state index in [-0.39, 0.29) is 23.6 Å². The van der Waals surface area contributed by atoms with E-state index in [0.29, 0.717) is 23.3 Å². The summed E-state index contributed by atoms with van der Waals surface area (Å²) in [6.45, 7) is 0.769. The zero-order valence-corrected chi connectivity index (χ0v) is 12.4. The molecule has 2 rings (SSSR count). The Morgan fingerprint density at radius 2 is 2.11 bits per heavy atom. The number of nitrogens with zero attached hydrogens (tertiary/aromatic N) is 2. The van der Waals surface area contributed by atoms with Crippen molar-refractivity contribution in [2.24, 2.45) is 0 Å². The highest BCUT2D eigenvalue weighted by Crippen LogP contribution is 2.23. The van der Waals surface area contributed by atoms with E-state index in [1.54, 1.807) is 4.90 Å². The summed E-state index contributed by atoms with van der Waals surface area (Å²) in [7, 11) is -3.03. The van der Waals surface area contributed by atoms with Gasteiger partial charge in [-0.1, -0.05) is 0 Å². The van der Waals surface area contributed by atoms with E-state index in [9.17, 15) is 18.3 Å². The van der Waals surface area contributed by atoms with Gasteiger partial charge in [-0.25, -0.2) is 18.2 Å². The Balaban J connectivity index is 2.34. The summed E-state index contributed by atoms with van der Waals surface area (Å²) in [5, 5.41) is 9.19. The third kappa shape index (κ3) is 3.44. The molecule has 0 aliphatic carbocycles. The van der Waals surface area contributed by atoms with Crippen molar-refractivity contribution < 1.29 is 18.3 Å². The number of carbonyl (C=O) groups is 1. The van der Waals surface area contributed by atoms with Crippen molar-refractivity contribution >= 4 is 37.6 Å². The Hall–Kier alpha value is -1.15. The van der Waals surface area contributed by atoms with Gasteiger partial charge in [-0.15, -0.1) is 0 Å². The van der Waals surface area contributed by atoms with Gasteiger partial charge >= 0.3 is 5.97 Å². The van der Waals surface area contributed by atoms with Crippen molar-refractivity contribution in [3.8, 4) is 0 Å². The Kier molecular flexibility index (Phi) is 4.10. The van der Waals surface area contributed by atoms with Crippen LogP contribution in [-0.2, 0) is 9.84 Å². The van der Waals surface area contributed by atoms with Gasteiger partial charge in [0.2, 0.25) is 0 Å². The molecule has 1 aromatic heterocycles. The number of carboxylic acids is 1. The van der Waals surface area contributed by atoms with Crippen LogP contribution in [0.15, 0.2) is 16.7 Å². The van der Waals surface area contributed by atoms with Gasteiger partial charge < -0.3 is 10.0 Å². The maximum absolute atomic E-state index is 11.5. The predicted octanol–water partition coefficient (Wildman–Crippen LogP) is 1.17. The molecule has 6 nitrogen and oxygen atoms in total. The van der Waals surface area contributed by atoms with Gasteiger partial charge in [-0.2, -0.15) is 0 Å². The fourth-order valence-electron chi connectivity index (χ4n) is 1.99. The van der Waals surface area contributed by atoms with Crippen LogP contribution in [0, 0.1) is 0 Å². The molecule has 1 aliphatic heterocycles. The highest BCUT2D eigenvalue weighted by atomic mass is 79.9. The highest BCUT2D eigenvalue weighted by molar-refractivity contribution is 9.10. The lowest BCUT2D eigenvalue weighted by Crippen LogP contribution is -2.29. The number of sulfone groups is 1. The number of hydrogen-bond acceptors (Lipinski definition) is 5. The van der Waals surface area contributed by atoms with Gasteiger partial charge in [0.15, 0.2) is 9.84 Å². The molecule has 1 aromatic rings. The number of rotatable bonds is 2. The van der Waals surface area contributed by atoms with Crippen LogP contribution in [0.25, 0.3) is 0 Å². The summed E-state index contributed by atoms with van der Waals surface area (Å²) in [5.74, 6) is -0.574. The number of aromatic carboxylic acids is 1. The lowest BCUT2D eigenvalue weighted by molar-refractivity contribution is 0.0697. The van der Waals surface area contributed by atoms with Crippen molar-refractivity contribution in [2.45, 2.75) is 6.42 Å². The van der Waals surface area contributed by atoms with Gasteiger partial charge in [0, 0.05) is 23.8 Å². The number of halogens is 1. The van der Waals surface area contributed by atoms with Gasteiger partial charge in [0.05, 0.1) is 11.5 Å². The van der Waals surface area contributed by atoms with Gasteiger partial charge in [-0.05, 0) is 28.4 Å². The van der Waals surface area contributed by atoms with Crippen LogP contribution in [-0.4, -0.2) is 49.1 Å². The third-order valence-corrected chi connectivity index (χ3v) is 5.07. The van der Waals surface area contributed by atoms with E-state index >= 15 is 0 Å². The summed E-state index contributed by atoms with van der Waals surface area (Å²) >= 11 is 3.18. The molecule has 1 fully saturated rings. The average molecular weight is 349 g/mol. The number of anilines is 1. The van der Waals surface area contributed by atoms with Crippen molar-refractivity contribution in [1.82, 2.24) is 4.98 Å². The molecule has 1 saturated heterocycles. The predicted molar refractivity (Wildman–Crippen MR) is 74.4 cm³/mol. The van der Waals surface area contributed by atoms with E-state index < -0.39 is 15.8 Å². The zero-order valence-electron chi connectivity index (χ0n) is 10.0. The lowest BCUT2D eigenvalue weighted by atomic mass is 10.2. The largest absolute Gasteiger partial charge is 0.478 e. The second-order valence-electron chi connectivity index (χ2n) is 4.32. The third-order valence-electron chi connectivity index (χ3n) is 2.92. The Labute approximate surface area is 119 Å². The first-order valence-corrected chi connectivity index (χ1v) is 8.35. The molecule has 0 aromatic carbocycles. The first-order chi connectivity index (χ1) is 8.89. The van der Waals surface area contributed by atoms with E-state index in [1.165, 1.54) is 12.3 Å². The van der Waals surface area contributed by atoms with Gasteiger partial charge in [0.1, 0.15) is 11.4 Å². The molecule has 0 atom stereocenters. The number of carboxylic acid groups (broad SMARTS) is 1. The molecule has 0 radical (unpaired) electrons. The molecular weight excluding hydrogens is 336 g/mol. The summed E-state index contributed by atoms with van der Waals surface area (Å²) in [5.41, 5.74) is 0.0775. The van der Waals surface area contributed by atoms with Crippen LogP contribution in [0.1, 0.15) is 16.8 Å². The van der Waals surface area contributed by atoms with Crippen LogP contribution in [0.4, 0.5) is 5.82 Å². The minimum absolute atomic E-state index is 0.0316. The Morgan fingerprint density at radius 3 is 2.79 bits per heavy atom. The molecule has 19 heavy (non-hydrogen) atoms. The zero-order chi connectivity index (χ0) is 14.0. The summed E-state index contributed by atoms with van der Waals surface area (Å²) in [4.78, 5) is 17.1. The monoisotopic (exact) mass is 348 g/mol. The summed E-state index contributed by atoms with van der Waals surface area (Å²) in [6, 6.07) is 1.48. The molecule has 1 aliphatic rings. The van der Waals surface area contributed by atoms with Crippen molar-refractivity contribution in [3.05, 3.63) is 22.3 Å². The molecular formula is C11H13BrN2O4S. The molecule has 0 unspecified atom stereocenters. The SMILES string of the molecule is O=C(O)c1cc(Br)cnc1N1CCCS(=O)(=O)CC1. The van der Waals surface area contributed by atoms with Crippen LogP contribution >= 0.6 is 15.9 Å². The maximum atomic E-state index is 11.5. The maximum Gasteiger partial charge on any atom is 0.339 e. The van der Waals surface area contributed by atoms with Crippen LogP contribution < -0.4 is 4.90 Å². The summed E-state index contributed by atoms with van der Waals surface area (Å²) < 4.78 is 23.7. The lowest BCUT2D eigenvalue weighted by Gasteiger charge is -2.22. The molecule has 2 heterocycles. The van der Waals surface area contributed by atoms with Gasteiger partial charge in [0.25, 0.3) is 0 Å². The summed E-state index contributed by atoms with van der Waals surface area (Å²) in [6.07, 6.45) is 2.00. The molecule has 8 heteroatoms. The van der Waals surface area contributed by atoms with Crippen molar-refractivity contribution in [2.75, 3.05) is 29.5 Å².